The van der Waals surface area contributed by atoms with E-state index in [4.69, 9.17) is 23.1 Å². The SMILES string of the molecule is C=C(/C=C/[C@H](O[Si](C)(C)C(C)(C)C)[C@@H](C)C(=O)OC)[C@H](C[C@H](OCc1ccc(OC)cc1)[C@H](C)/C=C(\C)CO)O[Si](C)(C)C(C)(C)C. The van der Waals surface area contributed by atoms with E-state index in [2.05, 4.69) is 87.3 Å². The zero-order valence-corrected chi connectivity index (χ0v) is 34.2. The molecule has 7 nitrogen and oxygen atoms in total. The van der Waals surface area contributed by atoms with Gasteiger partial charge in [-0.2, -0.15) is 0 Å². The van der Waals surface area contributed by atoms with Crippen LogP contribution in [0, 0.1) is 11.8 Å². The highest BCUT2D eigenvalue weighted by Gasteiger charge is 2.42. The zero-order valence-electron chi connectivity index (χ0n) is 32.2. The van der Waals surface area contributed by atoms with E-state index in [1.54, 1.807) is 7.11 Å². The van der Waals surface area contributed by atoms with E-state index in [9.17, 15) is 9.90 Å². The fraction of sp³-hybridized carbons (Fsp3) is 0.658. The summed E-state index contributed by atoms with van der Waals surface area (Å²) >= 11 is 0. The Morgan fingerprint density at radius 3 is 1.94 bits per heavy atom. The van der Waals surface area contributed by atoms with Crippen LogP contribution in [0.25, 0.3) is 0 Å². The molecule has 0 aromatic heterocycles. The van der Waals surface area contributed by atoms with E-state index in [0.29, 0.717) is 13.0 Å². The van der Waals surface area contributed by atoms with Crippen LogP contribution in [0.15, 0.2) is 60.2 Å². The van der Waals surface area contributed by atoms with E-state index in [0.717, 1.165) is 22.5 Å². The first-order valence-electron chi connectivity index (χ1n) is 16.8. The number of aliphatic hydroxyl groups excluding tert-OH is 1. The minimum atomic E-state index is -2.25. The molecule has 0 aliphatic heterocycles. The van der Waals surface area contributed by atoms with Gasteiger partial charge in [0, 0.05) is 12.3 Å². The molecule has 1 aromatic carbocycles. The van der Waals surface area contributed by atoms with Crippen LogP contribution in [0.3, 0.4) is 0 Å². The van der Waals surface area contributed by atoms with Crippen molar-refractivity contribution in [1.82, 2.24) is 0 Å². The molecule has 1 aromatic rings. The number of aliphatic hydroxyl groups is 1. The third-order valence-electron chi connectivity index (χ3n) is 9.91. The van der Waals surface area contributed by atoms with Gasteiger partial charge in [0.05, 0.1) is 51.7 Å². The summed E-state index contributed by atoms with van der Waals surface area (Å²) in [6, 6.07) is 7.87. The largest absolute Gasteiger partial charge is 0.497 e. The second kappa shape index (κ2) is 18.1. The van der Waals surface area contributed by atoms with Gasteiger partial charge >= 0.3 is 5.97 Å². The van der Waals surface area contributed by atoms with E-state index in [-0.39, 0.29) is 40.8 Å². The number of methoxy groups -OCH3 is 2. The van der Waals surface area contributed by atoms with Crippen LogP contribution in [0.5, 0.6) is 5.75 Å². The topological polar surface area (TPSA) is 83.5 Å². The number of carbonyl (C=O) groups excluding carboxylic acids is 1. The summed E-state index contributed by atoms with van der Waals surface area (Å²) < 4.78 is 30.9. The summed E-state index contributed by atoms with van der Waals surface area (Å²) in [6.45, 7) is 32.9. The van der Waals surface area contributed by atoms with Crippen LogP contribution in [-0.4, -0.2) is 66.8 Å². The Balaban J connectivity index is 3.57. The van der Waals surface area contributed by atoms with Crippen molar-refractivity contribution in [1.29, 1.82) is 0 Å². The molecule has 5 atom stereocenters. The minimum absolute atomic E-state index is 0.00305. The molecule has 0 heterocycles. The van der Waals surface area contributed by atoms with Gasteiger partial charge in [0.1, 0.15) is 5.75 Å². The van der Waals surface area contributed by atoms with Gasteiger partial charge in [-0.05, 0) is 73.4 Å². The number of carbonyl (C=O) groups is 1. The van der Waals surface area contributed by atoms with Crippen LogP contribution in [0.4, 0.5) is 0 Å². The minimum Gasteiger partial charge on any atom is -0.497 e. The molecule has 1 N–H and O–H groups in total. The fourth-order valence-corrected chi connectivity index (χ4v) is 7.09. The highest BCUT2D eigenvalue weighted by molar-refractivity contribution is 6.74. The smallest absolute Gasteiger partial charge is 0.311 e. The lowest BCUT2D eigenvalue weighted by Crippen LogP contribution is -2.46. The molecule has 9 heteroatoms. The Morgan fingerprint density at radius 2 is 1.47 bits per heavy atom. The molecule has 0 aliphatic carbocycles. The number of hydrogen-bond acceptors (Lipinski definition) is 7. The second-order valence-electron chi connectivity index (χ2n) is 15.9. The van der Waals surface area contributed by atoms with E-state index < -0.39 is 28.7 Å². The van der Waals surface area contributed by atoms with Crippen molar-refractivity contribution in [2.45, 2.75) is 130 Å². The number of benzene rings is 1. The van der Waals surface area contributed by atoms with Crippen LogP contribution >= 0.6 is 0 Å². The Bertz CT molecular complexity index is 1190. The molecular weight excluding hydrogens is 625 g/mol. The Kier molecular flexibility index (Phi) is 16.6. The summed E-state index contributed by atoms with van der Waals surface area (Å²) in [5.41, 5.74) is 2.72. The van der Waals surface area contributed by atoms with Crippen LogP contribution in [0.2, 0.25) is 36.3 Å². The lowest BCUT2D eigenvalue weighted by Gasteiger charge is -2.41. The first-order valence-corrected chi connectivity index (χ1v) is 22.6. The first kappa shape index (κ1) is 43.0. The maximum atomic E-state index is 12.7. The van der Waals surface area contributed by atoms with Crippen LogP contribution in [-0.2, 0) is 29.7 Å². The van der Waals surface area contributed by atoms with E-state index >= 15 is 0 Å². The molecule has 0 aliphatic rings. The van der Waals surface area contributed by atoms with Crippen molar-refractivity contribution in [3.05, 3.63) is 65.8 Å². The molecule has 0 bridgehead atoms. The molecule has 0 saturated heterocycles. The Morgan fingerprint density at radius 1 is 0.936 bits per heavy atom. The third-order valence-corrected chi connectivity index (χ3v) is 18.9. The Hall–Kier alpha value is -2.02. The summed E-state index contributed by atoms with van der Waals surface area (Å²) in [6.07, 6.45) is 5.50. The van der Waals surface area contributed by atoms with Gasteiger partial charge < -0.3 is 28.2 Å². The summed E-state index contributed by atoms with van der Waals surface area (Å²) in [5, 5.41) is 9.72. The zero-order chi connectivity index (χ0) is 36.4. The average Bonchev–Trinajstić information content (AvgIpc) is 2.98. The highest BCUT2D eigenvalue weighted by Crippen LogP contribution is 2.40. The van der Waals surface area contributed by atoms with Crippen molar-refractivity contribution < 1.29 is 33.0 Å². The maximum absolute atomic E-state index is 12.7. The molecule has 0 radical (unpaired) electrons. The standard InChI is InChI=1S/C38H66O7Si2/c1-27(25-39)23-29(3)34(43-26-31-18-20-32(41-11)21-19-31)24-35(45-47(15,16)38(8,9)10)28(2)17-22-33(30(4)36(40)42-12)44-46(13,14)37(5,6)7/h17-23,29-30,33-35,39H,2,24-26H2,1,3-16H3/b22-17+,27-23+/t29-,30-,33+,34+,35+/m1/s1. The van der Waals surface area contributed by atoms with Crippen molar-refractivity contribution in [3.8, 4) is 5.75 Å². The highest BCUT2D eigenvalue weighted by atomic mass is 28.4. The number of ether oxygens (including phenoxy) is 3. The number of rotatable bonds is 18. The van der Waals surface area contributed by atoms with E-state index in [1.807, 2.05) is 50.3 Å². The monoisotopic (exact) mass is 690 g/mol. The lowest BCUT2D eigenvalue weighted by molar-refractivity contribution is -0.147. The van der Waals surface area contributed by atoms with Gasteiger partial charge in [0.15, 0.2) is 16.6 Å². The molecule has 47 heavy (non-hydrogen) atoms. The molecule has 0 fully saturated rings. The molecule has 0 unspecified atom stereocenters. The van der Waals surface area contributed by atoms with Crippen molar-refractivity contribution in [2.24, 2.45) is 11.8 Å². The third kappa shape index (κ3) is 13.4. The van der Waals surface area contributed by atoms with Crippen molar-refractivity contribution in [3.63, 3.8) is 0 Å². The normalized spacial score (nSPS) is 16.8. The Labute approximate surface area is 289 Å². The summed E-state index contributed by atoms with van der Waals surface area (Å²) in [7, 11) is -1.42. The quantitative estimate of drug-likeness (QED) is 0.0712. The van der Waals surface area contributed by atoms with Crippen molar-refractivity contribution in [2.75, 3.05) is 20.8 Å². The average molecular weight is 691 g/mol. The molecule has 0 amide bonds. The van der Waals surface area contributed by atoms with Gasteiger partial charge in [-0.15, -0.1) is 0 Å². The molecule has 1 rings (SSSR count). The van der Waals surface area contributed by atoms with Crippen LogP contribution < -0.4 is 4.74 Å². The van der Waals surface area contributed by atoms with Crippen molar-refractivity contribution >= 4 is 22.6 Å². The predicted octanol–water partition coefficient (Wildman–Crippen LogP) is 9.25. The predicted molar refractivity (Wildman–Crippen MR) is 200 cm³/mol. The number of hydrogen-bond donors (Lipinski definition) is 1. The van der Waals surface area contributed by atoms with E-state index in [1.165, 1.54) is 7.11 Å². The maximum Gasteiger partial charge on any atom is 0.311 e. The molecule has 0 spiro atoms. The fourth-order valence-electron chi connectivity index (χ4n) is 4.46. The molecule has 268 valence electrons. The molecule has 0 saturated carbocycles. The van der Waals surface area contributed by atoms with Gasteiger partial charge in [0.2, 0.25) is 0 Å². The molecular formula is C38H66O7Si2. The van der Waals surface area contributed by atoms with Gasteiger partial charge in [-0.25, -0.2) is 0 Å². The van der Waals surface area contributed by atoms with Gasteiger partial charge in [-0.1, -0.05) is 91.0 Å². The van der Waals surface area contributed by atoms with Gasteiger partial charge in [0.25, 0.3) is 0 Å². The summed E-state index contributed by atoms with van der Waals surface area (Å²) in [5.74, 6) is -0.0183. The first-order chi connectivity index (χ1) is 21.5. The number of esters is 1. The lowest BCUT2D eigenvalue weighted by atomic mass is 9.93. The summed E-state index contributed by atoms with van der Waals surface area (Å²) in [4.78, 5) is 12.7. The van der Waals surface area contributed by atoms with Crippen LogP contribution in [0.1, 0.15) is 74.3 Å². The van der Waals surface area contributed by atoms with Gasteiger partial charge in [-0.3, -0.25) is 4.79 Å². The second-order valence-corrected chi connectivity index (χ2v) is 25.4.